The summed E-state index contributed by atoms with van der Waals surface area (Å²) in [6.45, 7) is 4.75. The summed E-state index contributed by atoms with van der Waals surface area (Å²) in [5, 5.41) is 9.71. The number of nitrogens with zero attached hydrogens (tertiary/aromatic N) is 3. The Bertz CT molecular complexity index is 883. The lowest BCUT2D eigenvalue weighted by Crippen LogP contribution is -2.36. The van der Waals surface area contributed by atoms with Crippen LogP contribution in [0.5, 0.6) is 0 Å². The fourth-order valence-electron chi connectivity index (χ4n) is 2.44. The second kappa shape index (κ2) is 7.09. The molecule has 3 rings (SSSR count). The number of carbonyl (C=O) groups is 1. The maximum Gasteiger partial charge on any atom is 0.270 e. The summed E-state index contributed by atoms with van der Waals surface area (Å²) in [4.78, 5) is 16.9. The summed E-state index contributed by atoms with van der Waals surface area (Å²) in [5.41, 5.74) is 2.36. The minimum atomic E-state index is -0.168. The highest BCUT2D eigenvalue weighted by Crippen LogP contribution is 2.25. The van der Waals surface area contributed by atoms with Gasteiger partial charge in [0.1, 0.15) is 10.7 Å². The van der Waals surface area contributed by atoms with E-state index in [0.717, 1.165) is 15.0 Å². The van der Waals surface area contributed by atoms with Crippen molar-refractivity contribution in [1.29, 1.82) is 0 Å². The van der Waals surface area contributed by atoms with E-state index in [1.807, 2.05) is 25.4 Å². The van der Waals surface area contributed by atoms with Crippen molar-refractivity contribution in [3.63, 3.8) is 0 Å². The third kappa shape index (κ3) is 4.16. The van der Waals surface area contributed by atoms with Gasteiger partial charge in [-0.3, -0.25) is 9.48 Å². The molecule has 2 aromatic heterocycles. The lowest BCUT2D eigenvalue weighted by atomic mass is 9.84. The topological polar surface area (TPSA) is 59.8 Å². The van der Waals surface area contributed by atoms with Crippen LogP contribution in [0.2, 0.25) is 0 Å². The zero-order valence-corrected chi connectivity index (χ0v) is 16.7. The van der Waals surface area contributed by atoms with E-state index in [1.54, 1.807) is 16.3 Å². The maximum atomic E-state index is 12.4. The molecule has 130 valence electrons. The van der Waals surface area contributed by atoms with Crippen LogP contribution >= 0.6 is 27.3 Å². The normalized spacial score (nSPS) is 11.5. The Labute approximate surface area is 159 Å². The molecule has 5 nitrogen and oxygen atoms in total. The van der Waals surface area contributed by atoms with Gasteiger partial charge in [0.05, 0.1) is 6.20 Å². The van der Waals surface area contributed by atoms with Crippen LogP contribution in [0.4, 0.5) is 0 Å². The number of amides is 1. The number of halogens is 1. The molecule has 0 spiro atoms. The number of carbonyl (C=O) groups excluding carboxylic acids is 1. The first-order chi connectivity index (χ1) is 11.8. The molecule has 1 aromatic carbocycles. The molecule has 1 N–H and O–H groups in total. The summed E-state index contributed by atoms with van der Waals surface area (Å²) in [7, 11) is 1.86. The molecule has 0 saturated heterocycles. The number of aryl methyl sites for hydroxylation is 1. The first-order valence-electron chi connectivity index (χ1n) is 7.84. The lowest BCUT2D eigenvalue weighted by molar-refractivity contribution is 0.0941. The van der Waals surface area contributed by atoms with Crippen LogP contribution < -0.4 is 5.32 Å². The Morgan fingerprint density at radius 3 is 2.68 bits per heavy atom. The van der Waals surface area contributed by atoms with E-state index in [4.69, 9.17) is 0 Å². The molecular weight excluding hydrogens is 400 g/mol. The van der Waals surface area contributed by atoms with E-state index in [2.05, 4.69) is 57.3 Å². The number of benzene rings is 1. The van der Waals surface area contributed by atoms with Crippen molar-refractivity contribution in [3.8, 4) is 10.6 Å². The molecule has 0 saturated carbocycles. The minimum Gasteiger partial charge on any atom is -0.350 e. The van der Waals surface area contributed by atoms with Gasteiger partial charge in [-0.05, 0) is 17.7 Å². The number of rotatable bonds is 5. The SMILES string of the molecule is Cn1cc(-c2nc(C(=O)NCC(C)(C)c3ccc(Br)cc3)cs2)cn1. The first-order valence-corrected chi connectivity index (χ1v) is 9.51. The molecule has 0 aliphatic carbocycles. The van der Waals surface area contributed by atoms with Gasteiger partial charge in [-0.25, -0.2) is 4.98 Å². The second-order valence-electron chi connectivity index (χ2n) is 6.51. The second-order valence-corrected chi connectivity index (χ2v) is 8.29. The number of hydrogen-bond acceptors (Lipinski definition) is 4. The predicted octanol–water partition coefficient (Wildman–Crippen LogP) is 4.01. The van der Waals surface area contributed by atoms with E-state index in [-0.39, 0.29) is 11.3 Å². The molecule has 0 bridgehead atoms. The average Bonchev–Trinajstić information content (AvgIpc) is 3.22. The molecular formula is C18H19BrN4OS. The fraction of sp³-hybridized carbons (Fsp3) is 0.278. The Hall–Kier alpha value is -1.99. The van der Waals surface area contributed by atoms with Gasteiger partial charge in [-0.2, -0.15) is 5.10 Å². The number of aromatic nitrogens is 3. The van der Waals surface area contributed by atoms with Gasteiger partial charge in [0, 0.05) is 40.6 Å². The molecule has 1 amide bonds. The molecule has 0 atom stereocenters. The summed E-state index contributed by atoms with van der Waals surface area (Å²) in [5.74, 6) is -0.156. The number of hydrogen-bond donors (Lipinski definition) is 1. The molecule has 2 heterocycles. The minimum absolute atomic E-state index is 0.156. The summed E-state index contributed by atoms with van der Waals surface area (Å²) >= 11 is 4.89. The van der Waals surface area contributed by atoms with Gasteiger partial charge in [0.25, 0.3) is 5.91 Å². The van der Waals surface area contributed by atoms with E-state index in [1.165, 1.54) is 16.9 Å². The third-order valence-electron chi connectivity index (χ3n) is 4.01. The highest BCUT2D eigenvalue weighted by atomic mass is 79.9. The van der Waals surface area contributed by atoms with Crippen LogP contribution in [-0.4, -0.2) is 27.2 Å². The Balaban J connectivity index is 1.66. The smallest absolute Gasteiger partial charge is 0.270 e. The molecule has 0 radical (unpaired) electrons. The largest absolute Gasteiger partial charge is 0.350 e. The Morgan fingerprint density at radius 1 is 1.32 bits per heavy atom. The van der Waals surface area contributed by atoms with Crippen LogP contribution in [0.1, 0.15) is 29.9 Å². The Morgan fingerprint density at radius 2 is 2.04 bits per heavy atom. The lowest BCUT2D eigenvalue weighted by Gasteiger charge is -2.25. The monoisotopic (exact) mass is 418 g/mol. The maximum absolute atomic E-state index is 12.4. The van der Waals surface area contributed by atoms with Crippen molar-refractivity contribution in [2.24, 2.45) is 7.05 Å². The molecule has 0 fully saturated rings. The van der Waals surface area contributed by atoms with Crippen molar-refractivity contribution >= 4 is 33.2 Å². The highest BCUT2D eigenvalue weighted by Gasteiger charge is 2.22. The van der Waals surface area contributed by atoms with Crippen LogP contribution in [0, 0.1) is 0 Å². The van der Waals surface area contributed by atoms with Crippen LogP contribution in [0.25, 0.3) is 10.6 Å². The van der Waals surface area contributed by atoms with Gasteiger partial charge in [0.15, 0.2) is 0 Å². The molecule has 3 aromatic rings. The molecule has 0 aliphatic heterocycles. The summed E-state index contributed by atoms with van der Waals surface area (Å²) in [6, 6.07) is 8.16. The molecule has 0 unspecified atom stereocenters. The quantitative estimate of drug-likeness (QED) is 0.680. The van der Waals surface area contributed by atoms with E-state index >= 15 is 0 Å². The van der Waals surface area contributed by atoms with Crippen molar-refractivity contribution in [2.75, 3.05) is 6.54 Å². The van der Waals surface area contributed by atoms with Crippen LogP contribution in [0.15, 0.2) is 46.5 Å². The van der Waals surface area contributed by atoms with Gasteiger partial charge in [-0.1, -0.05) is 41.9 Å². The van der Waals surface area contributed by atoms with Crippen LogP contribution in [-0.2, 0) is 12.5 Å². The Kier molecular flexibility index (Phi) is 5.06. The van der Waals surface area contributed by atoms with E-state index in [0.29, 0.717) is 12.2 Å². The summed E-state index contributed by atoms with van der Waals surface area (Å²) < 4.78 is 2.76. The van der Waals surface area contributed by atoms with Crippen molar-refractivity contribution in [1.82, 2.24) is 20.1 Å². The summed E-state index contributed by atoms with van der Waals surface area (Å²) in [6.07, 6.45) is 3.63. The first kappa shape index (κ1) is 17.8. The fourth-order valence-corrected chi connectivity index (χ4v) is 3.48. The van der Waals surface area contributed by atoms with Crippen molar-refractivity contribution < 1.29 is 4.79 Å². The van der Waals surface area contributed by atoms with Gasteiger partial charge in [-0.15, -0.1) is 11.3 Å². The predicted molar refractivity (Wildman–Crippen MR) is 104 cm³/mol. The van der Waals surface area contributed by atoms with Gasteiger partial charge >= 0.3 is 0 Å². The average molecular weight is 419 g/mol. The molecule has 0 aliphatic rings. The van der Waals surface area contributed by atoms with E-state index < -0.39 is 0 Å². The molecule has 7 heteroatoms. The molecule has 25 heavy (non-hydrogen) atoms. The van der Waals surface area contributed by atoms with Gasteiger partial charge < -0.3 is 5.32 Å². The third-order valence-corrected chi connectivity index (χ3v) is 5.43. The number of nitrogens with one attached hydrogen (secondary N) is 1. The zero-order valence-electron chi connectivity index (χ0n) is 14.3. The van der Waals surface area contributed by atoms with Crippen molar-refractivity contribution in [3.05, 3.63) is 57.8 Å². The zero-order chi connectivity index (χ0) is 18.0. The highest BCUT2D eigenvalue weighted by molar-refractivity contribution is 9.10. The standard InChI is InChI=1S/C18H19BrN4OS/c1-18(2,13-4-6-14(19)7-5-13)11-20-16(24)15-10-25-17(22-15)12-8-21-23(3)9-12/h4-10H,11H2,1-3H3,(H,20,24). The van der Waals surface area contributed by atoms with Crippen LogP contribution in [0.3, 0.4) is 0 Å². The van der Waals surface area contributed by atoms with Crippen molar-refractivity contribution in [2.45, 2.75) is 19.3 Å². The van der Waals surface area contributed by atoms with Gasteiger partial charge in [0.2, 0.25) is 0 Å². The van der Waals surface area contributed by atoms with E-state index in [9.17, 15) is 4.79 Å². The number of thiazole rings is 1.